The van der Waals surface area contributed by atoms with Crippen molar-refractivity contribution in [3.8, 4) is 5.75 Å². The maximum absolute atomic E-state index is 14.7. The summed E-state index contributed by atoms with van der Waals surface area (Å²) < 4.78 is 46.1. The molecule has 2 saturated heterocycles. The molecule has 14 unspecified atom stereocenters. The van der Waals surface area contributed by atoms with Crippen molar-refractivity contribution in [2.45, 2.75) is 219 Å². The van der Waals surface area contributed by atoms with E-state index in [4.69, 9.17) is 32.8 Å². The molecule has 16 heteroatoms. The highest BCUT2D eigenvalue weighted by Crippen LogP contribution is 2.41. The number of carbonyl (C=O) groups excluding carboxylic acids is 4. The predicted molar refractivity (Wildman–Crippen MR) is 296 cm³/mol. The fourth-order valence-corrected chi connectivity index (χ4v) is 13.0. The van der Waals surface area contributed by atoms with E-state index in [9.17, 15) is 29.4 Å². The number of esters is 1. The standard InChI is InChI=1S/C60H94N2O13Si/c1-15-43-30-37(2)29-38(3)31-52(70-11)55-53(71-12)33-40(5)60(68,75-55)56(65)57(66)62-26-17-16-19-47(62)58(67)74-54(41(6)48(63)36-49(43)64)39(4)32-42-20-23-50(51(34-42)69-10)73-45-21-22-46-44(35-45)24-27-61(46)25-18-28-72-76(13,14)59(7,8)9/h21-22,24,27,30,32,35,38,40-43,47-48,50-55,63,68H,15-20,23,25-26,28-29,31,33-34,36H2,1-14H3. The number of piperidine rings is 1. The Balaban J connectivity index is 1.23. The molecule has 1 aromatic carbocycles. The molecule has 4 heterocycles. The summed E-state index contributed by atoms with van der Waals surface area (Å²) in [6.45, 7) is 24.4. The van der Waals surface area contributed by atoms with Gasteiger partial charge in [0.2, 0.25) is 5.79 Å². The number of fused-ring (bicyclic) bond motifs is 4. The van der Waals surface area contributed by atoms with Gasteiger partial charge in [-0.3, -0.25) is 14.4 Å². The molecule has 1 saturated carbocycles. The molecule has 6 rings (SSSR count). The number of allylic oxidation sites excluding steroid dienone is 3. The minimum absolute atomic E-state index is 0.000400. The monoisotopic (exact) mass is 1080 g/mol. The zero-order valence-corrected chi connectivity index (χ0v) is 49.4. The van der Waals surface area contributed by atoms with E-state index in [0.717, 1.165) is 48.2 Å². The van der Waals surface area contributed by atoms with Crippen LogP contribution in [0, 0.1) is 29.6 Å². The molecule has 1 aliphatic carbocycles. The molecule has 1 aromatic heterocycles. The van der Waals surface area contributed by atoms with Gasteiger partial charge < -0.3 is 52.5 Å². The van der Waals surface area contributed by atoms with Crippen LogP contribution in [0.15, 0.2) is 53.8 Å². The van der Waals surface area contributed by atoms with Gasteiger partial charge in [0.1, 0.15) is 35.9 Å². The molecule has 2 N–H and O–H groups in total. The van der Waals surface area contributed by atoms with E-state index in [-0.39, 0.29) is 60.7 Å². The second-order valence-corrected chi connectivity index (χ2v) is 29.2. The lowest BCUT2D eigenvalue weighted by atomic mass is 9.81. The highest BCUT2D eigenvalue weighted by molar-refractivity contribution is 6.74. The Morgan fingerprint density at radius 2 is 1.61 bits per heavy atom. The van der Waals surface area contributed by atoms with Gasteiger partial charge in [-0.05, 0) is 144 Å². The summed E-state index contributed by atoms with van der Waals surface area (Å²) in [4.78, 5) is 58.9. The molecule has 2 bridgehead atoms. The molecule has 15 nitrogen and oxygen atoms in total. The van der Waals surface area contributed by atoms with E-state index in [1.165, 1.54) is 4.90 Å². The summed E-state index contributed by atoms with van der Waals surface area (Å²) in [5, 5.41) is 25.4. The van der Waals surface area contributed by atoms with Crippen LogP contribution in [0.4, 0.5) is 0 Å². The maximum Gasteiger partial charge on any atom is 0.329 e. The Labute approximate surface area is 454 Å². The summed E-state index contributed by atoms with van der Waals surface area (Å²) in [7, 11) is 2.97. The zero-order valence-electron chi connectivity index (χ0n) is 48.4. The first kappa shape index (κ1) is 61.5. The minimum Gasteiger partial charge on any atom is -0.488 e. The number of carbonyl (C=O) groups is 4. The van der Waals surface area contributed by atoms with E-state index >= 15 is 0 Å². The summed E-state index contributed by atoms with van der Waals surface area (Å²) in [6.07, 6.45) is 7.56. The van der Waals surface area contributed by atoms with Crippen LogP contribution in [-0.4, -0.2) is 140 Å². The number of aromatic nitrogens is 1. The molecule has 1 amide bonds. The third-order valence-electron chi connectivity index (χ3n) is 17.7. The van der Waals surface area contributed by atoms with E-state index in [0.29, 0.717) is 50.5 Å². The Kier molecular flexibility index (Phi) is 21.4. The first-order valence-corrected chi connectivity index (χ1v) is 31.3. The van der Waals surface area contributed by atoms with E-state index in [2.05, 4.69) is 75.8 Å². The van der Waals surface area contributed by atoms with Gasteiger partial charge in [-0.25, -0.2) is 4.79 Å². The number of aliphatic hydroxyl groups is 2. The molecule has 4 aliphatic rings. The number of hydrogen-bond donors (Lipinski definition) is 2. The van der Waals surface area contributed by atoms with Gasteiger partial charge in [0, 0.05) is 82.3 Å². The first-order valence-electron chi connectivity index (χ1n) is 28.4. The molecular formula is C60H94N2O13Si. The number of methoxy groups -OCH3 is 3. The zero-order chi connectivity index (χ0) is 55.9. The van der Waals surface area contributed by atoms with Crippen molar-refractivity contribution in [1.29, 1.82) is 0 Å². The Hall–Kier alpha value is -3.74. The van der Waals surface area contributed by atoms with Crippen molar-refractivity contribution in [2.24, 2.45) is 29.6 Å². The Morgan fingerprint density at radius 1 is 0.908 bits per heavy atom. The second-order valence-electron chi connectivity index (χ2n) is 24.4. The number of ketones is 2. The van der Waals surface area contributed by atoms with Crippen LogP contribution in [0.5, 0.6) is 5.75 Å². The summed E-state index contributed by atoms with van der Waals surface area (Å²) in [5.74, 6) is -6.77. The molecule has 426 valence electrons. The molecule has 3 aliphatic heterocycles. The van der Waals surface area contributed by atoms with Gasteiger partial charge in [-0.15, -0.1) is 0 Å². The van der Waals surface area contributed by atoms with Crippen molar-refractivity contribution in [3.05, 3.63) is 53.8 Å². The van der Waals surface area contributed by atoms with Gasteiger partial charge in [-0.1, -0.05) is 66.2 Å². The number of rotatable bonds is 13. The fourth-order valence-electron chi connectivity index (χ4n) is 11.9. The smallest absolute Gasteiger partial charge is 0.329 e. The van der Waals surface area contributed by atoms with Crippen LogP contribution in [0.3, 0.4) is 0 Å². The van der Waals surface area contributed by atoms with Crippen LogP contribution in [0.1, 0.15) is 139 Å². The lowest BCUT2D eigenvalue weighted by Crippen LogP contribution is -2.64. The Morgan fingerprint density at radius 3 is 2.28 bits per heavy atom. The number of Topliss-reactive ketones (excluding diaryl/α,β-unsaturated/α-hetero) is 2. The molecule has 14 atom stereocenters. The summed E-state index contributed by atoms with van der Waals surface area (Å²) >= 11 is 0. The van der Waals surface area contributed by atoms with Gasteiger partial charge in [0.25, 0.3) is 11.7 Å². The number of benzene rings is 1. The van der Waals surface area contributed by atoms with E-state index < -0.39 is 86.1 Å². The predicted octanol–water partition coefficient (Wildman–Crippen LogP) is 9.93. The summed E-state index contributed by atoms with van der Waals surface area (Å²) in [5.41, 5.74) is 2.83. The van der Waals surface area contributed by atoms with Crippen molar-refractivity contribution in [1.82, 2.24) is 9.47 Å². The van der Waals surface area contributed by atoms with Gasteiger partial charge >= 0.3 is 5.97 Å². The second kappa shape index (κ2) is 26.5. The fraction of sp³-hybridized carbons (Fsp3) is 0.733. The third kappa shape index (κ3) is 14.5. The topological polar surface area (TPSA) is 182 Å². The highest BCUT2D eigenvalue weighted by Gasteiger charge is 2.57. The Bertz CT molecular complexity index is 2360. The van der Waals surface area contributed by atoms with Crippen LogP contribution >= 0.6 is 0 Å². The maximum atomic E-state index is 14.7. The molecule has 3 fully saturated rings. The lowest BCUT2D eigenvalue weighted by molar-refractivity contribution is -0.302. The molecule has 2 aromatic rings. The average molecular weight is 1080 g/mol. The van der Waals surface area contributed by atoms with Crippen LogP contribution in [0.2, 0.25) is 18.1 Å². The number of aryl methyl sites for hydroxylation is 1. The lowest BCUT2D eigenvalue weighted by Gasteiger charge is -2.47. The largest absolute Gasteiger partial charge is 0.488 e. The van der Waals surface area contributed by atoms with Gasteiger partial charge in [0.15, 0.2) is 8.32 Å². The van der Waals surface area contributed by atoms with Crippen LogP contribution in [0.25, 0.3) is 10.9 Å². The van der Waals surface area contributed by atoms with Crippen molar-refractivity contribution in [3.63, 3.8) is 0 Å². The van der Waals surface area contributed by atoms with Crippen molar-refractivity contribution >= 4 is 42.7 Å². The normalized spacial score (nSPS) is 33.6. The van der Waals surface area contributed by atoms with E-state index in [1.807, 2.05) is 32.9 Å². The third-order valence-corrected chi connectivity index (χ3v) is 22.2. The number of aliphatic hydroxyl groups excluding tert-OH is 1. The van der Waals surface area contributed by atoms with Crippen LogP contribution in [-0.2, 0) is 53.8 Å². The molecule has 0 spiro atoms. The van der Waals surface area contributed by atoms with Crippen molar-refractivity contribution in [2.75, 3.05) is 34.5 Å². The quantitative estimate of drug-likeness (QED) is 0.0637. The SMILES string of the molecule is CCC1C=C(C)CC(C)CC(OC)C2OC(O)(C(=O)C(=O)N3CCCCC3C(=O)OC(C(C)=CC3CCC(Oc4ccc5c(ccn5CCCO[Si](C)(C)C(C)(C)C)c4)C(OC)C3)C(C)C(O)CC1=O)C(C)CC2OC. The average Bonchev–Trinajstić information content (AvgIpc) is 3.79. The van der Waals surface area contributed by atoms with Crippen LogP contribution < -0.4 is 4.74 Å². The minimum atomic E-state index is -2.52. The van der Waals surface area contributed by atoms with Crippen molar-refractivity contribution < 1.29 is 62.2 Å². The number of amides is 1. The van der Waals surface area contributed by atoms with E-state index in [1.54, 1.807) is 35.2 Å². The molecule has 76 heavy (non-hydrogen) atoms. The number of cyclic esters (lactones) is 1. The summed E-state index contributed by atoms with van der Waals surface area (Å²) in [6, 6.07) is 7.20. The molecule has 0 radical (unpaired) electrons. The number of hydrogen-bond acceptors (Lipinski definition) is 13. The number of ether oxygens (including phenoxy) is 6. The van der Waals surface area contributed by atoms with Gasteiger partial charge in [-0.2, -0.15) is 0 Å². The molecular weight excluding hydrogens is 985 g/mol. The first-order chi connectivity index (χ1) is 35.9. The highest BCUT2D eigenvalue weighted by atomic mass is 28.4. The van der Waals surface area contributed by atoms with Gasteiger partial charge in [0.05, 0.1) is 24.4 Å². The number of nitrogens with zero attached hydrogens (tertiary/aromatic N) is 2.